The van der Waals surface area contributed by atoms with Crippen LogP contribution in [0.15, 0.2) is 0 Å². The van der Waals surface area contributed by atoms with Crippen molar-refractivity contribution < 1.29 is 0 Å². The van der Waals surface area contributed by atoms with E-state index in [1.165, 1.54) is 0 Å². The lowest BCUT2D eigenvalue weighted by Crippen LogP contribution is -2.41. The molecule has 0 saturated carbocycles. The van der Waals surface area contributed by atoms with E-state index in [0.29, 0.717) is 6.04 Å². The van der Waals surface area contributed by atoms with E-state index in [2.05, 4.69) is 0 Å². The standard InChI is InChI=1S/C5H12Cl6Si3.CH3Cl3Si/c1-12(6,7)4-5(13(2,8)9)14(3,10)11;1-5(2,3)4/h5H,4H2,1-3H3;1H3. The van der Waals surface area contributed by atoms with Crippen molar-refractivity contribution in [2.24, 2.45) is 0 Å². The molecule has 0 heterocycles. The first-order valence-corrected chi connectivity index (χ1v) is 24.5. The minimum atomic E-state index is -2.42. The number of hydrogen-bond acceptors (Lipinski definition) is 0. The Labute approximate surface area is 161 Å². The minimum absolute atomic E-state index is 0.0895. The van der Waals surface area contributed by atoms with Crippen molar-refractivity contribution in [2.45, 2.75) is 37.4 Å². The van der Waals surface area contributed by atoms with Gasteiger partial charge in [-0.1, -0.05) is 0 Å². The van der Waals surface area contributed by atoms with Crippen LogP contribution in [0.2, 0.25) is 37.4 Å². The van der Waals surface area contributed by atoms with Gasteiger partial charge < -0.3 is 0 Å². The van der Waals surface area contributed by atoms with Crippen molar-refractivity contribution in [3.05, 3.63) is 0 Å². The first kappa shape index (κ1) is 24.7. The highest BCUT2D eigenvalue weighted by Gasteiger charge is 2.49. The van der Waals surface area contributed by atoms with Gasteiger partial charge in [0, 0.05) is 5.16 Å². The predicted octanol–water partition coefficient (Wildman–Crippen LogP) is 7.82. The SMILES string of the molecule is C[Si](Cl)(Cl)CC([Si](C)(Cl)Cl)[Si](C)(Cl)Cl.C[Si](Cl)(Cl)Cl. The zero-order valence-corrected chi connectivity index (χ0v) is 21.5. The summed E-state index contributed by atoms with van der Waals surface area (Å²) in [5.41, 5.74) is 0. The van der Waals surface area contributed by atoms with Gasteiger partial charge in [0.1, 0.15) is 0 Å². The van der Waals surface area contributed by atoms with E-state index in [9.17, 15) is 0 Å². The molecule has 0 aromatic rings. The average Bonchev–Trinajstić information content (AvgIpc) is 1.90. The second-order valence-corrected chi connectivity index (χ2v) is 39.1. The van der Waals surface area contributed by atoms with Crippen molar-refractivity contribution in [2.75, 3.05) is 0 Å². The highest BCUT2D eigenvalue weighted by Crippen LogP contribution is 2.47. The van der Waals surface area contributed by atoms with Crippen LogP contribution in [0.5, 0.6) is 0 Å². The van der Waals surface area contributed by atoms with Crippen molar-refractivity contribution in [1.82, 2.24) is 0 Å². The van der Waals surface area contributed by atoms with Crippen LogP contribution in [0.3, 0.4) is 0 Å². The van der Waals surface area contributed by atoms with E-state index in [1.54, 1.807) is 6.55 Å². The molecule has 0 amide bonds. The minimum Gasteiger partial charge on any atom is -0.146 e. The van der Waals surface area contributed by atoms with E-state index in [0.717, 1.165) is 0 Å². The summed E-state index contributed by atoms with van der Waals surface area (Å²) in [5, 5.41) is -0.0895. The maximum atomic E-state index is 6.16. The predicted molar refractivity (Wildman–Crippen MR) is 108 cm³/mol. The maximum absolute atomic E-state index is 6.16. The van der Waals surface area contributed by atoms with Gasteiger partial charge in [-0.3, -0.25) is 0 Å². The fraction of sp³-hybridized carbons (Fsp3) is 1.00. The van der Waals surface area contributed by atoms with Gasteiger partial charge in [0.05, 0.1) is 0 Å². The monoisotopic (exact) mass is 514 g/mol. The lowest BCUT2D eigenvalue weighted by Gasteiger charge is -2.32. The highest BCUT2D eigenvalue weighted by molar-refractivity contribution is 7.64. The Bertz CT molecular complexity index is 240. The van der Waals surface area contributed by atoms with Crippen molar-refractivity contribution in [1.29, 1.82) is 0 Å². The molecular weight excluding hydrogens is 503 g/mol. The molecule has 19 heavy (non-hydrogen) atoms. The largest absolute Gasteiger partial charge is 0.338 e. The third-order valence-corrected chi connectivity index (χ3v) is 16.3. The van der Waals surface area contributed by atoms with Crippen LogP contribution in [-0.4, -0.2) is 26.1 Å². The second-order valence-electron chi connectivity index (χ2n) is 4.52. The summed E-state index contributed by atoms with van der Waals surface area (Å²) in [4.78, 5) is 0. The fourth-order valence-electron chi connectivity index (χ4n) is 1.16. The molecule has 0 aromatic carbocycles. The Morgan fingerprint density at radius 3 is 0.895 bits per heavy atom. The van der Waals surface area contributed by atoms with Crippen LogP contribution in [0.4, 0.5) is 0 Å². The van der Waals surface area contributed by atoms with E-state index < -0.39 is 26.1 Å². The summed E-state index contributed by atoms with van der Waals surface area (Å²) in [6.07, 6.45) is 0. The normalized spacial score (nSPS) is 14.2. The van der Waals surface area contributed by atoms with Crippen LogP contribution in [0.1, 0.15) is 0 Å². The van der Waals surface area contributed by atoms with E-state index in [1.807, 2.05) is 19.6 Å². The molecule has 0 spiro atoms. The summed E-state index contributed by atoms with van der Waals surface area (Å²) < 4.78 is 0. The van der Waals surface area contributed by atoms with Crippen LogP contribution in [-0.2, 0) is 0 Å². The van der Waals surface area contributed by atoms with Gasteiger partial charge in [0.2, 0.25) is 6.69 Å². The highest BCUT2D eigenvalue weighted by atomic mass is 35.8. The second kappa shape index (κ2) is 9.09. The zero-order valence-electron chi connectivity index (χ0n) is 10.7. The van der Waals surface area contributed by atoms with E-state index >= 15 is 0 Å². The molecule has 0 fully saturated rings. The van der Waals surface area contributed by atoms with Crippen LogP contribution >= 0.6 is 99.7 Å². The lowest BCUT2D eigenvalue weighted by molar-refractivity contribution is 1.24. The zero-order chi connectivity index (χ0) is 16.3. The average molecular weight is 519 g/mol. The summed E-state index contributed by atoms with van der Waals surface area (Å²) in [6, 6.07) is -1.62. The maximum Gasteiger partial charge on any atom is 0.338 e. The van der Waals surface area contributed by atoms with Crippen LogP contribution in [0.25, 0.3) is 0 Å². The van der Waals surface area contributed by atoms with Crippen LogP contribution in [0, 0.1) is 0 Å². The molecule has 0 radical (unpaired) electrons. The van der Waals surface area contributed by atoms with Crippen molar-refractivity contribution in [3.8, 4) is 0 Å². The Kier molecular flexibility index (Phi) is 11.8. The Morgan fingerprint density at radius 1 is 0.632 bits per heavy atom. The summed E-state index contributed by atoms with van der Waals surface area (Å²) in [6.45, 7) is -0.0438. The van der Waals surface area contributed by atoms with Gasteiger partial charge in [0.25, 0.3) is 13.4 Å². The van der Waals surface area contributed by atoms with E-state index in [4.69, 9.17) is 99.7 Å². The number of hydrogen-bond donors (Lipinski definition) is 0. The number of halogens is 9. The van der Waals surface area contributed by atoms with Gasteiger partial charge in [-0.15, -0.1) is 99.7 Å². The first-order chi connectivity index (χ1) is 7.84. The van der Waals surface area contributed by atoms with Gasteiger partial charge in [-0.2, -0.15) is 0 Å². The van der Waals surface area contributed by atoms with Crippen molar-refractivity contribution in [3.63, 3.8) is 0 Å². The number of rotatable bonds is 4. The van der Waals surface area contributed by atoms with Crippen molar-refractivity contribution >= 4 is 126 Å². The third kappa shape index (κ3) is 19.4. The summed E-state index contributed by atoms with van der Waals surface area (Å²) in [7, 11) is 0. The summed E-state index contributed by atoms with van der Waals surface area (Å²) >= 11 is 52.4. The molecule has 0 aliphatic rings. The van der Waals surface area contributed by atoms with Gasteiger partial charge in [-0.25, -0.2) is 0 Å². The molecule has 0 aliphatic heterocycles. The quantitative estimate of drug-likeness (QED) is 0.263. The Balaban J connectivity index is 0. The molecule has 13 heteroatoms. The van der Waals surface area contributed by atoms with Gasteiger partial charge in [0.15, 0.2) is 0 Å². The molecule has 0 saturated heterocycles. The third-order valence-electron chi connectivity index (χ3n) is 1.79. The molecule has 118 valence electrons. The fourth-order valence-corrected chi connectivity index (χ4v) is 25.9. The molecule has 0 atom stereocenters. The topological polar surface area (TPSA) is 0 Å². The Morgan fingerprint density at radius 2 is 0.842 bits per heavy atom. The molecule has 0 nitrogen and oxygen atoms in total. The van der Waals surface area contributed by atoms with Crippen LogP contribution < -0.4 is 0 Å². The smallest absolute Gasteiger partial charge is 0.146 e. The Hall–Kier alpha value is 3.48. The van der Waals surface area contributed by atoms with Gasteiger partial charge >= 0.3 is 6.00 Å². The molecule has 0 aromatic heterocycles. The molecule has 0 N–H and O–H groups in total. The summed E-state index contributed by atoms with van der Waals surface area (Å²) in [5.74, 6) is 0. The molecular formula is C6H15Cl9Si4. The first-order valence-electron chi connectivity index (χ1n) is 5.04. The molecule has 0 rings (SSSR count). The molecule has 0 aliphatic carbocycles. The van der Waals surface area contributed by atoms with E-state index in [-0.39, 0.29) is 5.16 Å². The molecule has 0 bridgehead atoms. The molecule has 0 unspecified atom stereocenters. The lowest BCUT2D eigenvalue weighted by atomic mass is 10.9. The van der Waals surface area contributed by atoms with Gasteiger partial charge in [-0.05, 0) is 32.2 Å².